The third kappa shape index (κ3) is 6.32. The first-order chi connectivity index (χ1) is 17.0. The molecule has 35 heavy (non-hydrogen) atoms. The van der Waals surface area contributed by atoms with Crippen molar-refractivity contribution in [2.24, 2.45) is 0 Å². The van der Waals surface area contributed by atoms with Gasteiger partial charge in [-0.2, -0.15) is 0 Å². The lowest BCUT2D eigenvalue weighted by atomic mass is 10.0. The van der Waals surface area contributed by atoms with Gasteiger partial charge in [0.05, 0.1) is 16.7 Å². The zero-order chi connectivity index (χ0) is 24.6. The van der Waals surface area contributed by atoms with Crippen LogP contribution in [0.1, 0.15) is 37.5 Å². The number of hydrogen-bond donors (Lipinski definition) is 1. The van der Waals surface area contributed by atoms with E-state index >= 15 is 0 Å². The van der Waals surface area contributed by atoms with Crippen molar-refractivity contribution in [3.05, 3.63) is 108 Å². The highest BCUT2D eigenvalue weighted by Gasteiger charge is 2.44. The Morgan fingerprint density at radius 1 is 0.714 bits per heavy atom. The van der Waals surface area contributed by atoms with E-state index in [1.807, 2.05) is 0 Å². The Kier molecular flexibility index (Phi) is 7.87. The highest BCUT2D eigenvalue weighted by atomic mass is 16.7. The lowest BCUT2D eigenvalue weighted by Crippen LogP contribution is -2.54. The predicted molar refractivity (Wildman–Crippen MR) is 124 cm³/mol. The third-order valence-corrected chi connectivity index (χ3v) is 5.41. The first-order valence-electron chi connectivity index (χ1n) is 11.1. The largest absolute Gasteiger partial charge is 0.459 e. The number of carbonyl (C=O) groups excluding carboxylic acids is 3. The van der Waals surface area contributed by atoms with Crippen molar-refractivity contribution >= 4 is 17.9 Å². The van der Waals surface area contributed by atoms with Gasteiger partial charge in [0.1, 0.15) is 18.8 Å². The average molecular weight is 476 g/mol. The molecule has 180 valence electrons. The molecule has 0 aliphatic carbocycles. The monoisotopic (exact) mass is 476 g/mol. The number of aliphatic hydroxyl groups excluding tert-OH is 1. The maximum Gasteiger partial charge on any atom is 0.338 e. The van der Waals surface area contributed by atoms with Gasteiger partial charge < -0.3 is 24.1 Å². The fraction of sp³-hybridized carbons (Fsp3) is 0.222. The van der Waals surface area contributed by atoms with Gasteiger partial charge in [-0.15, -0.1) is 0 Å². The number of ether oxygens (including phenoxy) is 4. The second-order valence-corrected chi connectivity index (χ2v) is 7.88. The van der Waals surface area contributed by atoms with Crippen molar-refractivity contribution in [1.82, 2.24) is 0 Å². The van der Waals surface area contributed by atoms with Gasteiger partial charge in [-0.25, -0.2) is 14.4 Å². The molecule has 0 bridgehead atoms. The van der Waals surface area contributed by atoms with Crippen molar-refractivity contribution in [3.63, 3.8) is 0 Å². The Morgan fingerprint density at radius 2 is 1.17 bits per heavy atom. The summed E-state index contributed by atoms with van der Waals surface area (Å²) in [5.74, 6) is -1.93. The number of benzene rings is 3. The fourth-order valence-corrected chi connectivity index (χ4v) is 3.67. The molecule has 3 aromatic carbocycles. The quantitative estimate of drug-likeness (QED) is 0.408. The van der Waals surface area contributed by atoms with E-state index in [4.69, 9.17) is 18.9 Å². The molecule has 4 rings (SSSR count). The average Bonchev–Trinajstić information content (AvgIpc) is 2.90. The van der Waals surface area contributed by atoms with Crippen LogP contribution >= 0.6 is 0 Å². The van der Waals surface area contributed by atoms with Crippen molar-refractivity contribution in [2.45, 2.75) is 31.0 Å². The SMILES string of the molecule is O=C(OC[C@H]1O[C@H](O)C[C@H](OC(=O)c2ccccc2)[C@@H]1OC(=O)c1ccccc1)c1ccccc1. The van der Waals surface area contributed by atoms with Gasteiger partial charge in [-0.3, -0.25) is 0 Å². The molecule has 8 heteroatoms. The van der Waals surface area contributed by atoms with Crippen LogP contribution in [0.15, 0.2) is 91.0 Å². The van der Waals surface area contributed by atoms with Crippen LogP contribution in [-0.4, -0.2) is 54.2 Å². The summed E-state index contributed by atoms with van der Waals surface area (Å²) in [6, 6.07) is 24.9. The van der Waals surface area contributed by atoms with Crippen LogP contribution in [0.5, 0.6) is 0 Å². The molecule has 0 spiro atoms. The van der Waals surface area contributed by atoms with Crippen LogP contribution in [0.25, 0.3) is 0 Å². The lowest BCUT2D eigenvalue weighted by Gasteiger charge is -2.38. The van der Waals surface area contributed by atoms with E-state index in [0.29, 0.717) is 11.1 Å². The Morgan fingerprint density at radius 3 is 1.69 bits per heavy atom. The highest BCUT2D eigenvalue weighted by Crippen LogP contribution is 2.27. The second kappa shape index (κ2) is 11.4. The van der Waals surface area contributed by atoms with Crippen LogP contribution in [-0.2, 0) is 18.9 Å². The van der Waals surface area contributed by atoms with Crippen molar-refractivity contribution in [3.8, 4) is 0 Å². The topological polar surface area (TPSA) is 108 Å². The molecule has 0 aromatic heterocycles. The normalized spacial score (nSPS) is 21.5. The molecule has 0 amide bonds. The summed E-state index contributed by atoms with van der Waals surface area (Å²) in [6.45, 7) is -0.336. The van der Waals surface area contributed by atoms with E-state index < -0.39 is 42.5 Å². The summed E-state index contributed by atoms with van der Waals surface area (Å²) >= 11 is 0. The van der Waals surface area contributed by atoms with Crippen molar-refractivity contribution in [2.75, 3.05) is 6.61 Å². The molecule has 0 unspecified atom stereocenters. The van der Waals surface area contributed by atoms with Gasteiger partial charge in [-0.05, 0) is 36.4 Å². The Labute approximate surface area is 202 Å². The minimum atomic E-state index is -1.32. The number of carbonyl (C=O) groups is 3. The summed E-state index contributed by atoms with van der Waals surface area (Å²) in [4.78, 5) is 38.0. The molecule has 0 saturated carbocycles. The summed E-state index contributed by atoms with van der Waals surface area (Å²) in [6.07, 6.45) is -4.71. The molecule has 1 fully saturated rings. The van der Waals surface area contributed by atoms with Crippen LogP contribution in [0.2, 0.25) is 0 Å². The molecular weight excluding hydrogens is 452 g/mol. The van der Waals surface area contributed by atoms with Crippen LogP contribution in [0.4, 0.5) is 0 Å². The second-order valence-electron chi connectivity index (χ2n) is 7.88. The smallest absolute Gasteiger partial charge is 0.338 e. The van der Waals surface area contributed by atoms with Crippen LogP contribution in [0.3, 0.4) is 0 Å². The van der Waals surface area contributed by atoms with Crippen LogP contribution in [0, 0.1) is 0 Å². The van der Waals surface area contributed by atoms with E-state index in [0.717, 1.165) is 0 Å². The molecule has 1 heterocycles. The van der Waals surface area contributed by atoms with E-state index in [1.165, 1.54) is 0 Å². The zero-order valence-corrected chi connectivity index (χ0v) is 18.7. The summed E-state index contributed by atoms with van der Waals surface area (Å²) in [5.41, 5.74) is 0.911. The lowest BCUT2D eigenvalue weighted by molar-refractivity contribution is -0.239. The van der Waals surface area contributed by atoms with Crippen molar-refractivity contribution < 1.29 is 38.4 Å². The summed E-state index contributed by atoms with van der Waals surface area (Å²) < 4.78 is 22.2. The summed E-state index contributed by atoms with van der Waals surface area (Å²) in [7, 11) is 0. The molecule has 3 aromatic rings. The van der Waals surface area contributed by atoms with E-state index in [2.05, 4.69) is 0 Å². The van der Waals surface area contributed by atoms with Gasteiger partial charge >= 0.3 is 17.9 Å². The third-order valence-electron chi connectivity index (χ3n) is 5.41. The molecule has 4 atom stereocenters. The number of esters is 3. The standard InChI is InChI=1S/C27H24O8/c28-23-16-21(34-26(30)19-12-6-2-7-13-19)24(35-27(31)20-14-8-3-9-15-20)22(33-23)17-32-25(29)18-10-4-1-5-11-18/h1-15,21-24,28H,16-17H2/t21-,22+,23-,24-/m0/s1. The van der Waals surface area contributed by atoms with E-state index in [-0.39, 0.29) is 18.6 Å². The molecule has 1 N–H and O–H groups in total. The molecule has 0 radical (unpaired) electrons. The van der Waals surface area contributed by atoms with Gasteiger partial charge in [0.15, 0.2) is 12.4 Å². The van der Waals surface area contributed by atoms with Crippen molar-refractivity contribution in [1.29, 1.82) is 0 Å². The minimum Gasteiger partial charge on any atom is -0.459 e. The Balaban J connectivity index is 1.53. The number of rotatable bonds is 7. The fourth-order valence-electron chi connectivity index (χ4n) is 3.67. The Bertz CT molecular complexity index is 1130. The maximum absolute atomic E-state index is 12.8. The molecule has 1 aliphatic heterocycles. The first-order valence-corrected chi connectivity index (χ1v) is 11.1. The molecule has 1 aliphatic rings. The van der Waals surface area contributed by atoms with Gasteiger partial charge in [0, 0.05) is 6.42 Å². The van der Waals surface area contributed by atoms with Crippen LogP contribution < -0.4 is 0 Å². The molecular formula is C27H24O8. The Hall–Kier alpha value is -4.01. The van der Waals surface area contributed by atoms with Gasteiger partial charge in [-0.1, -0.05) is 54.6 Å². The number of hydrogen-bond acceptors (Lipinski definition) is 8. The summed E-state index contributed by atoms with van der Waals surface area (Å²) in [5, 5.41) is 10.3. The van der Waals surface area contributed by atoms with E-state index in [1.54, 1.807) is 91.0 Å². The van der Waals surface area contributed by atoms with E-state index in [9.17, 15) is 19.5 Å². The highest BCUT2D eigenvalue weighted by molar-refractivity contribution is 5.90. The van der Waals surface area contributed by atoms with Gasteiger partial charge in [0.2, 0.25) is 0 Å². The zero-order valence-electron chi connectivity index (χ0n) is 18.7. The molecule has 8 nitrogen and oxygen atoms in total. The molecule has 1 saturated heterocycles. The first kappa shape index (κ1) is 24.1. The maximum atomic E-state index is 12.8. The predicted octanol–water partition coefficient (Wildman–Crippen LogP) is 3.40. The minimum absolute atomic E-state index is 0.131. The number of aliphatic hydroxyl groups is 1. The van der Waals surface area contributed by atoms with Gasteiger partial charge in [0.25, 0.3) is 0 Å².